The van der Waals surface area contributed by atoms with Crippen LogP contribution in [0.5, 0.6) is 5.75 Å². The molecule has 3 N–H and O–H groups in total. The minimum Gasteiger partial charge on any atom is -0.497 e. The monoisotopic (exact) mass is 320 g/mol. The molecule has 23 heavy (non-hydrogen) atoms. The summed E-state index contributed by atoms with van der Waals surface area (Å²) in [6.45, 7) is 6.93. The number of methoxy groups -OCH3 is 1. The van der Waals surface area contributed by atoms with Gasteiger partial charge in [0.25, 0.3) is 5.91 Å². The van der Waals surface area contributed by atoms with Crippen LogP contribution >= 0.6 is 0 Å². The van der Waals surface area contributed by atoms with E-state index in [1.54, 1.807) is 25.3 Å². The molecule has 0 saturated carbocycles. The minimum absolute atomic E-state index is 0.112. The van der Waals surface area contributed by atoms with E-state index < -0.39 is 0 Å². The summed E-state index contributed by atoms with van der Waals surface area (Å²) in [5, 5.41) is 9.27. The summed E-state index contributed by atoms with van der Waals surface area (Å²) in [6.07, 6.45) is 2.20. The molecule has 0 aliphatic carbocycles. The summed E-state index contributed by atoms with van der Waals surface area (Å²) in [5.41, 5.74) is 0.591. The number of unbranched alkanes of at least 4 members (excludes halogenated alkanes) is 1. The average molecular weight is 320 g/mol. The average Bonchev–Trinajstić information content (AvgIpc) is 2.58. The Morgan fingerprint density at radius 2 is 1.96 bits per heavy atom. The van der Waals surface area contributed by atoms with Crippen molar-refractivity contribution in [3.05, 3.63) is 29.8 Å². The fourth-order valence-electron chi connectivity index (χ4n) is 1.91. The van der Waals surface area contributed by atoms with Crippen molar-refractivity contribution in [1.29, 1.82) is 0 Å². The Morgan fingerprint density at radius 3 is 2.65 bits per heavy atom. The highest BCUT2D eigenvalue weighted by molar-refractivity contribution is 5.94. The Morgan fingerprint density at radius 1 is 1.17 bits per heavy atom. The first-order chi connectivity index (χ1) is 11.2. The van der Waals surface area contributed by atoms with E-state index >= 15 is 0 Å². The van der Waals surface area contributed by atoms with Gasteiger partial charge in [0.2, 0.25) is 0 Å². The molecule has 0 radical (unpaired) electrons. The van der Waals surface area contributed by atoms with Crippen molar-refractivity contribution >= 4 is 11.9 Å². The Labute approximate surface area is 138 Å². The van der Waals surface area contributed by atoms with Gasteiger partial charge in [-0.2, -0.15) is 0 Å². The summed E-state index contributed by atoms with van der Waals surface area (Å²) >= 11 is 0. The predicted octanol–water partition coefficient (Wildman–Crippen LogP) is 1.78. The van der Waals surface area contributed by atoms with Crippen molar-refractivity contribution in [3.8, 4) is 5.75 Å². The number of hydrogen-bond donors (Lipinski definition) is 3. The molecular weight excluding hydrogens is 292 g/mol. The third kappa shape index (κ3) is 7.54. The molecular formula is C17H28N4O2. The highest BCUT2D eigenvalue weighted by Crippen LogP contribution is 2.12. The fourth-order valence-corrected chi connectivity index (χ4v) is 1.91. The van der Waals surface area contributed by atoms with Crippen molar-refractivity contribution in [2.75, 3.05) is 33.3 Å². The van der Waals surface area contributed by atoms with Crippen LogP contribution in [0.4, 0.5) is 0 Å². The quantitative estimate of drug-likeness (QED) is 0.368. The molecule has 0 fully saturated rings. The molecule has 1 rings (SSSR count). The van der Waals surface area contributed by atoms with Gasteiger partial charge in [-0.05, 0) is 31.5 Å². The molecule has 6 nitrogen and oxygen atoms in total. The zero-order chi connectivity index (χ0) is 16.9. The largest absolute Gasteiger partial charge is 0.497 e. The molecule has 6 heteroatoms. The first kappa shape index (κ1) is 18.8. The number of amides is 1. The Bertz CT molecular complexity index is 503. The van der Waals surface area contributed by atoms with E-state index in [0.717, 1.165) is 31.9 Å². The lowest BCUT2D eigenvalue weighted by Crippen LogP contribution is -2.41. The van der Waals surface area contributed by atoms with E-state index in [0.29, 0.717) is 24.4 Å². The molecule has 0 aliphatic heterocycles. The summed E-state index contributed by atoms with van der Waals surface area (Å²) in [7, 11) is 1.58. The van der Waals surface area contributed by atoms with Crippen LogP contribution in [0.25, 0.3) is 0 Å². The second-order valence-corrected chi connectivity index (χ2v) is 5.03. The Balaban J connectivity index is 2.36. The van der Waals surface area contributed by atoms with E-state index in [4.69, 9.17) is 4.74 Å². The van der Waals surface area contributed by atoms with Crippen LogP contribution in [0.2, 0.25) is 0 Å². The van der Waals surface area contributed by atoms with Gasteiger partial charge in [0.15, 0.2) is 5.96 Å². The van der Waals surface area contributed by atoms with Crippen LogP contribution in [0, 0.1) is 0 Å². The van der Waals surface area contributed by atoms with Gasteiger partial charge in [0.1, 0.15) is 5.75 Å². The molecule has 0 aromatic heterocycles. The summed E-state index contributed by atoms with van der Waals surface area (Å²) in [6, 6.07) is 7.10. The van der Waals surface area contributed by atoms with E-state index in [-0.39, 0.29) is 5.91 Å². The summed E-state index contributed by atoms with van der Waals surface area (Å²) < 4.78 is 5.12. The maximum atomic E-state index is 12.1. The van der Waals surface area contributed by atoms with Gasteiger partial charge in [0, 0.05) is 31.7 Å². The Kier molecular flexibility index (Phi) is 9.28. The number of aliphatic imine (C=N–C) groups is 1. The number of rotatable bonds is 9. The first-order valence-electron chi connectivity index (χ1n) is 8.15. The SMILES string of the molecule is CCCCN=C(NCC)NCCNC(=O)c1cccc(OC)c1. The number of carbonyl (C=O) groups excluding carboxylic acids is 1. The van der Waals surface area contributed by atoms with Crippen LogP contribution < -0.4 is 20.7 Å². The smallest absolute Gasteiger partial charge is 0.251 e. The summed E-state index contributed by atoms with van der Waals surface area (Å²) in [5.74, 6) is 1.35. The van der Waals surface area contributed by atoms with E-state index in [2.05, 4.69) is 27.9 Å². The molecule has 0 unspecified atom stereocenters. The van der Waals surface area contributed by atoms with Crippen LogP contribution in [-0.2, 0) is 0 Å². The van der Waals surface area contributed by atoms with Gasteiger partial charge in [-0.25, -0.2) is 0 Å². The maximum absolute atomic E-state index is 12.1. The van der Waals surface area contributed by atoms with Gasteiger partial charge in [-0.1, -0.05) is 19.4 Å². The topological polar surface area (TPSA) is 74.8 Å². The molecule has 0 saturated heterocycles. The molecule has 0 spiro atoms. The summed E-state index contributed by atoms with van der Waals surface area (Å²) in [4.78, 5) is 16.5. The van der Waals surface area contributed by atoms with Crippen molar-refractivity contribution in [2.45, 2.75) is 26.7 Å². The number of benzene rings is 1. The lowest BCUT2D eigenvalue weighted by atomic mass is 10.2. The predicted molar refractivity (Wildman–Crippen MR) is 94.2 cm³/mol. The number of guanidine groups is 1. The van der Waals surface area contributed by atoms with Gasteiger partial charge < -0.3 is 20.7 Å². The van der Waals surface area contributed by atoms with Crippen LogP contribution in [0.1, 0.15) is 37.0 Å². The molecule has 0 aliphatic rings. The van der Waals surface area contributed by atoms with Gasteiger partial charge in [-0.3, -0.25) is 9.79 Å². The van der Waals surface area contributed by atoms with Crippen molar-refractivity contribution in [2.24, 2.45) is 4.99 Å². The molecule has 0 atom stereocenters. The lowest BCUT2D eigenvalue weighted by Gasteiger charge is -2.12. The van der Waals surface area contributed by atoms with Gasteiger partial charge >= 0.3 is 0 Å². The van der Waals surface area contributed by atoms with Gasteiger partial charge in [0.05, 0.1) is 7.11 Å². The maximum Gasteiger partial charge on any atom is 0.251 e. The van der Waals surface area contributed by atoms with Crippen LogP contribution in [0.3, 0.4) is 0 Å². The zero-order valence-electron chi connectivity index (χ0n) is 14.3. The number of ether oxygens (including phenoxy) is 1. The van der Waals surface area contributed by atoms with Crippen molar-refractivity contribution in [1.82, 2.24) is 16.0 Å². The second-order valence-electron chi connectivity index (χ2n) is 5.03. The van der Waals surface area contributed by atoms with Crippen LogP contribution in [-0.4, -0.2) is 45.2 Å². The molecule has 1 amide bonds. The number of nitrogens with one attached hydrogen (secondary N) is 3. The Hall–Kier alpha value is -2.24. The standard InChI is InChI=1S/C17H28N4O2/c1-4-6-10-20-17(18-5-2)21-12-11-19-16(22)14-8-7-9-15(13-14)23-3/h7-9,13H,4-6,10-12H2,1-3H3,(H,19,22)(H2,18,20,21). The van der Waals surface area contributed by atoms with Gasteiger partial charge in [-0.15, -0.1) is 0 Å². The van der Waals surface area contributed by atoms with Crippen molar-refractivity contribution < 1.29 is 9.53 Å². The molecule has 0 bridgehead atoms. The third-order valence-electron chi connectivity index (χ3n) is 3.16. The normalized spacial score (nSPS) is 11.0. The molecule has 128 valence electrons. The highest BCUT2D eigenvalue weighted by atomic mass is 16.5. The van der Waals surface area contributed by atoms with Crippen molar-refractivity contribution in [3.63, 3.8) is 0 Å². The zero-order valence-corrected chi connectivity index (χ0v) is 14.3. The molecule has 1 aromatic rings. The first-order valence-corrected chi connectivity index (χ1v) is 8.15. The minimum atomic E-state index is -0.112. The molecule has 0 heterocycles. The van der Waals surface area contributed by atoms with E-state index in [1.807, 2.05) is 13.0 Å². The molecule has 1 aromatic carbocycles. The number of carbonyl (C=O) groups is 1. The second kappa shape index (κ2) is 11.3. The van der Waals surface area contributed by atoms with E-state index in [9.17, 15) is 4.79 Å². The van der Waals surface area contributed by atoms with Crippen LogP contribution in [0.15, 0.2) is 29.3 Å². The van der Waals surface area contributed by atoms with E-state index in [1.165, 1.54) is 0 Å². The third-order valence-corrected chi connectivity index (χ3v) is 3.16. The highest BCUT2D eigenvalue weighted by Gasteiger charge is 2.05. The number of nitrogens with zero attached hydrogens (tertiary/aromatic N) is 1. The lowest BCUT2D eigenvalue weighted by molar-refractivity contribution is 0.0954. The fraction of sp³-hybridized carbons (Fsp3) is 0.529. The number of hydrogen-bond acceptors (Lipinski definition) is 3.